The highest BCUT2D eigenvalue weighted by atomic mass is 19.1. The largest absolute Gasteiger partial charge is 0.467 e. The number of hydrogen-bond acceptors (Lipinski definition) is 6. The topological polar surface area (TPSA) is 124 Å². The molecule has 1 saturated heterocycles. The summed E-state index contributed by atoms with van der Waals surface area (Å²) in [6.07, 6.45) is 0.281. The molecule has 0 radical (unpaired) electrons. The first-order valence-electron chi connectivity index (χ1n) is 9.86. The van der Waals surface area contributed by atoms with Gasteiger partial charge in [0.05, 0.1) is 24.7 Å². The second kappa shape index (κ2) is 10.1. The summed E-state index contributed by atoms with van der Waals surface area (Å²) in [5.41, 5.74) is 1.56. The van der Waals surface area contributed by atoms with E-state index in [1.807, 2.05) is 6.92 Å². The van der Waals surface area contributed by atoms with Crippen molar-refractivity contribution in [3.63, 3.8) is 0 Å². The van der Waals surface area contributed by atoms with Gasteiger partial charge in [0.1, 0.15) is 6.04 Å². The first kappa shape index (κ1) is 22.9. The number of pyridine rings is 1. The van der Waals surface area contributed by atoms with E-state index in [4.69, 9.17) is 4.74 Å². The zero-order valence-electron chi connectivity index (χ0n) is 17.7. The summed E-state index contributed by atoms with van der Waals surface area (Å²) in [7, 11) is 1.19. The molecule has 0 spiro atoms. The Balaban J connectivity index is 1.67. The maximum absolute atomic E-state index is 15.0. The van der Waals surface area contributed by atoms with Crippen LogP contribution in [-0.4, -0.2) is 70.8 Å². The molecular weight excluding hydrogens is 421 g/mol. The molecule has 0 aliphatic carbocycles. The number of nitrogens with zero attached hydrogens (tertiary/aromatic N) is 3. The number of carbonyl (C=O) groups is 3. The van der Waals surface area contributed by atoms with Gasteiger partial charge in [-0.15, -0.1) is 0 Å². The number of benzene rings is 1. The molecular formula is C21H24FN5O5. The van der Waals surface area contributed by atoms with Gasteiger partial charge in [-0.25, -0.2) is 18.8 Å². The van der Waals surface area contributed by atoms with Gasteiger partial charge in [0.25, 0.3) is 0 Å². The number of hydrogen-bond donors (Lipinski definition) is 3. The zero-order valence-corrected chi connectivity index (χ0v) is 17.7. The Morgan fingerprint density at radius 3 is 2.66 bits per heavy atom. The fourth-order valence-corrected chi connectivity index (χ4v) is 3.42. The van der Waals surface area contributed by atoms with Crippen molar-refractivity contribution in [2.75, 3.05) is 37.4 Å². The van der Waals surface area contributed by atoms with E-state index in [-0.39, 0.29) is 25.3 Å². The number of piperazine rings is 1. The van der Waals surface area contributed by atoms with Crippen LogP contribution in [0.25, 0.3) is 0 Å². The number of aryl methyl sites for hydroxylation is 1. The number of anilines is 2. The molecule has 1 aromatic heterocycles. The minimum Gasteiger partial charge on any atom is -0.467 e. The molecule has 2 heterocycles. The van der Waals surface area contributed by atoms with E-state index in [0.29, 0.717) is 17.8 Å². The normalized spacial score (nSPS) is 16.3. The summed E-state index contributed by atoms with van der Waals surface area (Å²) in [5.74, 6) is -1.28. The minimum absolute atomic E-state index is 0.00578. The lowest BCUT2D eigenvalue weighted by Crippen LogP contribution is -2.58. The van der Waals surface area contributed by atoms with Crippen molar-refractivity contribution in [1.29, 1.82) is 0 Å². The van der Waals surface area contributed by atoms with Crippen LogP contribution in [0.5, 0.6) is 0 Å². The quantitative estimate of drug-likeness (QED) is 0.604. The number of ether oxygens (including phenoxy) is 1. The summed E-state index contributed by atoms with van der Waals surface area (Å²) >= 11 is 0. The Morgan fingerprint density at radius 2 is 2.00 bits per heavy atom. The second-order valence-corrected chi connectivity index (χ2v) is 7.30. The lowest BCUT2D eigenvalue weighted by Gasteiger charge is -2.38. The van der Waals surface area contributed by atoms with Crippen LogP contribution in [0, 0.1) is 12.7 Å². The van der Waals surface area contributed by atoms with Crippen LogP contribution in [-0.2, 0) is 16.1 Å². The van der Waals surface area contributed by atoms with Crippen LogP contribution in [0.4, 0.5) is 25.4 Å². The third kappa shape index (κ3) is 5.49. The summed E-state index contributed by atoms with van der Waals surface area (Å²) in [4.78, 5) is 42.5. The number of rotatable bonds is 5. The van der Waals surface area contributed by atoms with Gasteiger partial charge in [0.2, 0.25) is 0 Å². The number of carbonyl (C=O) groups excluding carboxylic acids is 2. The Bertz CT molecular complexity index is 1000. The maximum Gasteiger partial charge on any atom is 0.408 e. The van der Waals surface area contributed by atoms with Crippen molar-refractivity contribution in [3.8, 4) is 0 Å². The molecule has 2 aromatic rings. The summed E-state index contributed by atoms with van der Waals surface area (Å²) in [6, 6.07) is 6.42. The van der Waals surface area contributed by atoms with Crippen LogP contribution >= 0.6 is 0 Å². The predicted molar refractivity (Wildman–Crippen MR) is 114 cm³/mol. The van der Waals surface area contributed by atoms with E-state index >= 15 is 4.39 Å². The lowest BCUT2D eigenvalue weighted by atomic mass is 10.1. The van der Waals surface area contributed by atoms with Gasteiger partial charge in [0.15, 0.2) is 5.82 Å². The Labute approximate surface area is 184 Å². The van der Waals surface area contributed by atoms with E-state index < -0.39 is 30.0 Å². The number of methoxy groups -OCH3 is 1. The number of amides is 3. The van der Waals surface area contributed by atoms with E-state index in [0.717, 1.165) is 10.6 Å². The van der Waals surface area contributed by atoms with Crippen molar-refractivity contribution in [2.24, 2.45) is 0 Å². The average molecular weight is 445 g/mol. The van der Waals surface area contributed by atoms with Gasteiger partial charge in [-0.2, -0.15) is 0 Å². The molecule has 3 rings (SSSR count). The molecule has 11 heteroatoms. The van der Waals surface area contributed by atoms with Crippen LogP contribution in [0.1, 0.15) is 11.3 Å². The molecule has 0 bridgehead atoms. The van der Waals surface area contributed by atoms with Gasteiger partial charge in [-0.3, -0.25) is 14.8 Å². The highest BCUT2D eigenvalue weighted by Crippen LogP contribution is 2.22. The Hall–Kier alpha value is -3.73. The first-order chi connectivity index (χ1) is 15.3. The number of nitrogens with one attached hydrogen (secondary N) is 2. The molecule has 0 saturated carbocycles. The molecule has 1 aliphatic heterocycles. The number of halogens is 1. The molecule has 1 aliphatic rings. The Morgan fingerprint density at radius 1 is 1.22 bits per heavy atom. The summed E-state index contributed by atoms with van der Waals surface area (Å²) in [6.45, 7) is 2.42. The lowest BCUT2D eigenvalue weighted by molar-refractivity contribution is -0.148. The van der Waals surface area contributed by atoms with Gasteiger partial charge in [-0.05, 0) is 25.1 Å². The van der Waals surface area contributed by atoms with Crippen molar-refractivity contribution in [3.05, 3.63) is 53.6 Å². The fraction of sp³-hybridized carbons (Fsp3) is 0.333. The van der Waals surface area contributed by atoms with Gasteiger partial charge in [-0.1, -0.05) is 12.1 Å². The molecule has 1 fully saturated rings. The number of aromatic nitrogens is 1. The van der Waals surface area contributed by atoms with Crippen molar-refractivity contribution < 1.29 is 28.6 Å². The smallest absolute Gasteiger partial charge is 0.408 e. The summed E-state index contributed by atoms with van der Waals surface area (Å²) < 4.78 is 19.7. The van der Waals surface area contributed by atoms with Crippen molar-refractivity contribution in [2.45, 2.75) is 19.5 Å². The van der Waals surface area contributed by atoms with E-state index in [9.17, 15) is 19.5 Å². The molecule has 0 unspecified atom stereocenters. The molecule has 10 nitrogen and oxygen atoms in total. The third-order valence-corrected chi connectivity index (χ3v) is 5.07. The molecule has 1 aromatic carbocycles. The van der Waals surface area contributed by atoms with Gasteiger partial charge >= 0.3 is 18.1 Å². The van der Waals surface area contributed by atoms with Crippen LogP contribution in [0.3, 0.4) is 0 Å². The number of esters is 1. The second-order valence-electron chi connectivity index (χ2n) is 7.30. The Kier molecular flexibility index (Phi) is 7.21. The first-order valence-corrected chi connectivity index (χ1v) is 9.86. The van der Waals surface area contributed by atoms with E-state index in [1.54, 1.807) is 29.2 Å². The number of urea groups is 1. The maximum atomic E-state index is 15.0. The van der Waals surface area contributed by atoms with Crippen molar-refractivity contribution in [1.82, 2.24) is 14.8 Å². The highest BCUT2D eigenvalue weighted by Gasteiger charge is 2.36. The van der Waals surface area contributed by atoms with E-state index in [1.165, 1.54) is 19.4 Å². The standard InChI is InChI=1S/C21H24FN5O5/c1-13-6-7-15(10-23-13)24-20(29)25-16-5-3-4-14(18(16)22)11-26-8-9-27(21(30)31)17(12-26)19(28)32-2/h3-7,10,17H,8-9,11-12H2,1-2H3,(H,30,31)(H2,24,25,29)/t17-/m0/s1. The SMILES string of the molecule is COC(=O)[C@@H]1CN(Cc2cccc(NC(=O)Nc3ccc(C)nc3)c2F)CCN1C(=O)O. The van der Waals surface area contributed by atoms with Gasteiger partial charge in [0, 0.05) is 37.4 Å². The molecule has 1 atom stereocenters. The van der Waals surface area contributed by atoms with Crippen LogP contribution in [0.2, 0.25) is 0 Å². The average Bonchev–Trinajstić information content (AvgIpc) is 2.77. The monoisotopic (exact) mass is 445 g/mol. The number of carboxylic acid groups (broad SMARTS) is 1. The molecule has 3 N–H and O–H groups in total. The summed E-state index contributed by atoms with van der Waals surface area (Å²) in [5, 5.41) is 14.4. The highest BCUT2D eigenvalue weighted by molar-refractivity contribution is 5.99. The zero-order chi connectivity index (χ0) is 23.3. The van der Waals surface area contributed by atoms with E-state index in [2.05, 4.69) is 15.6 Å². The third-order valence-electron chi connectivity index (χ3n) is 5.07. The fourth-order valence-electron chi connectivity index (χ4n) is 3.42. The van der Waals surface area contributed by atoms with Crippen molar-refractivity contribution >= 4 is 29.5 Å². The van der Waals surface area contributed by atoms with Crippen LogP contribution < -0.4 is 10.6 Å². The molecule has 3 amide bonds. The molecule has 32 heavy (non-hydrogen) atoms. The predicted octanol–water partition coefficient (Wildman–Crippen LogP) is 2.51. The minimum atomic E-state index is -1.22. The molecule has 170 valence electrons. The van der Waals surface area contributed by atoms with Gasteiger partial charge < -0.3 is 20.5 Å². The van der Waals surface area contributed by atoms with Crippen LogP contribution in [0.15, 0.2) is 36.5 Å².